The Balaban J connectivity index is 2.17. The third-order valence-electron chi connectivity index (χ3n) is 1.85. The zero-order valence-electron chi connectivity index (χ0n) is 7.65. The van der Waals surface area contributed by atoms with Gasteiger partial charge in [0.25, 0.3) is 0 Å². The van der Waals surface area contributed by atoms with Crippen LogP contribution in [0, 0.1) is 0 Å². The SMILES string of the molecule is NC(=O)C(=O)Nc1ccc2c(c1)OCO2. The molecule has 0 radical (unpaired) electrons. The first-order valence-electron chi connectivity index (χ1n) is 4.17. The van der Waals surface area contributed by atoms with Gasteiger partial charge in [-0.25, -0.2) is 0 Å². The highest BCUT2D eigenvalue weighted by atomic mass is 16.7. The Morgan fingerprint density at radius 1 is 1.27 bits per heavy atom. The summed E-state index contributed by atoms with van der Waals surface area (Å²) in [6.07, 6.45) is 0. The Hall–Kier alpha value is -2.24. The minimum atomic E-state index is -1.03. The number of primary amides is 1. The van der Waals surface area contributed by atoms with Gasteiger partial charge in [0.05, 0.1) is 0 Å². The topological polar surface area (TPSA) is 90.7 Å². The van der Waals surface area contributed by atoms with Crippen molar-refractivity contribution in [3.05, 3.63) is 18.2 Å². The average Bonchev–Trinajstić information content (AvgIpc) is 2.64. The number of amides is 2. The summed E-state index contributed by atoms with van der Waals surface area (Å²) >= 11 is 0. The molecule has 0 saturated carbocycles. The standard InChI is InChI=1S/C9H8N2O4/c10-8(12)9(13)11-5-1-2-6-7(3-5)15-4-14-6/h1-3H,4H2,(H2,10,12)(H,11,13). The molecule has 0 unspecified atom stereocenters. The van der Waals surface area contributed by atoms with Crippen molar-refractivity contribution in [2.75, 3.05) is 12.1 Å². The van der Waals surface area contributed by atoms with Crippen LogP contribution in [0.5, 0.6) is 11.5 Å². The molecule has 2 rings (SSSR count). The molecule has 6 nitrogen and oxygen atoms in total. The van der Waals surface area contributed by atoms with E-state index in [1.54, 1.807) is 18.2 Å². The number of ether oxygens (including phenoxy) is 2. The van der Waals surface area contributed by atoms with E-state index in [4.69, 9.17) is 15.2 Å². The summed E-state index contributed by atoms with van der Waals surface area (Å²) in [5.41, 5.74) is 5.22. The maximum atomic E-state index is 11.0. The number of anilines is 1. The van der Waals surface area contributed by atoms with Crippen molar-refractivity contribution in [1.29, 1.82) is 0 Å². The van der Waals surface area contributed by atoms with E-state index < -0.39 is 11.8 Å². The van der Waals surface area contributed by atoms with Crippen LogP contribution in [0.3, 0.4) is 0 Å². The summed E-state index contributed by atoms with van der Waals surface area (Å²) < 4.78 is 10.2. The van der Waals surface area contributed by atoms with Gasteiger partial charge in [-0.3, -0.25) is 9.59 Å². The minimum absolute atomic E-state index is 0.155. The van der Waals surface area contributed by atoms with Crippen LogP contribution in [0.4, 0.5) is 5.69 Å². The van der Waals surface area contributed by atoms with Gasteiger partial charge >= 0.3 is 11.8 Å². The number of carbonyl (C=O) groups is 2. The Morgan fingerprint density at radius 3 is 2.73 bits per heavy atom. The van der Waals surface area contributed by atoms with Gasteiger partial charge in [0, 0.05) is 11.8 Å². The Morgan fingerprint density at radius 2 is 2.00 bits per heavy atom. The molecule has 1 aliphatic rings. The molecule has 0 aliphatic carbocycles. The number of benzene rings is 1. The molecule has 0 aromatic heterocycles. The fourth-order valence-electron chi connectivity index (χ4n) is 1.17. The summed E-state index contributed by atoms with van der Waals surface area (Å²) in [4.78, 5) is 21.4. The van der Waals surface area contributed by atoms with E-state index in [2.05, 4.69) is 5.32 Å². The summed E-state index contributed by atoms with van der Waals surface area (Å²) in [6, 6.07) is 4.79. The fourth-order valence-corrected chi connectivity index (χ4v) is 1.17. The van der Waals surface area contributed by atoms with Gasteiger partial charge in [0.15, 0.2) is 11.5 Å². The van der Waals surface area contributed by atoms with E-state index in [-0.39, 0.29) is 6.79 Å². The van der Waals surface area contributed by atoms with E-state index in [1.165, 1.54) is 0 Å². The number of hydrogen-bond donors (Lipinski definition) is 2. The largest absolute Gasteiger partial charge is 0.454 e. The van der Waals surface area contributed by atoms with Crippen molar-refractivity contribution in [2.24, 2.45) is 5.73 Å². The highest BCUT2D eigenvalue weighted by Crippen LogP contribution is 2.34. The lowest BCUT2D eigenvalue weighted by Crippen LogP contribution is -2.29. The highest BCUT2D eigenvalue weighted by Gasteiger charge is 2.15. The molecule has 6 heteroatoms. The maximum absolute atomic E-state index is 11.0. The van der Waals surface area contributed by atoms with E-state index in [0.29, 0.717) is 17.2 Å². The lowest BCUT2D eigenvalue weighted by molar-refractivity contribution is -0.134. The molecule has 0 atom stereocenters. The monoisotopic (exact) mass is 208 g/mol. The molecule has 0 bridgehead atoms. The zero-order chi connectivity index (χ0) is 10.8. The zero-order valence-corrected chi connectivity index (χ0v) is 7.65. The second-order valence-electron chi connectivity index (χ2n) is 2.89. The first-order valence-corrected chi connectivity index (χ1v) is 4.17. The molecule has 1 aliphatic heterocycles. The lowest BCUT2D eigenvalue weighted by Gasteiger charge is -2.03. The van der Waals surface area contributed by atoms with Gasteiger partial charge < -0.3 is 20.5 Å². The van der Waals surface area contributed by atoms with Gasteiger partial charge in [0.2, 0.25) is 6.79 Å². The molecule has 2 amide bonds. The molecule has 3 N–H and O–H groups in total. The second-order valence-corrected chi connectivity index (χ2v) is 2.89. The van der Waals surface area contributed by atoms with Gasteiger partial charge in [-0.05, 0) is 12.1 Å². The first-order chi connectivity index (χ1) is 7.16. The Labute approximate surface area is 85.0 Å². The van der Waals surface area contributed by atoms with Gasteiger partial charge in [-0.1, -0.05) is 0 Å². The molecule has 1 aromatic rings. The molecule has 1 heterocycles. The third kappa shape index (κ3) is 1.83. The van der Waals surface area contributed by atoms with E-state index in [1.807, 2.05) is 0 Å². The van der Waals surface area contributed by atoms with E-state index in [0.717, 1.165) is 0 Å². The molecule has 1 aromatic carbocycles. The highest BCUT2D eigenvalue weighted by molar-refractivity contribution is 6.39. The summed E-state index contributed by atoms with van der Waals surface area (Å²) in [5, 5.41) is 2.32. The number of carbonyl (C=O) groups excluding carboxylic acids is 2. The molecular weight excluding hydrogens is 200 g/mol. The van der Waals surface area contributed by atoms with Gasteiger partial charge in [0.1, 0.15) is 0 Å². The smallest absolute Gasteiger partial charge is 0.313 e. The third-order valence-corrected chi connectivity index (χ3v) is 1.85. The number of fused-ring (bicyclic) bond motifs is 1. The van der Waals surface area contributed by atoms with Crippen molar-refractivity contribution in [3.8, 4) is 11.5 Å². The van der Waals surface area contributed by atoms with Crippen molar-refractivity contribution >= 4 is 17.5 Å². The fraction of sp³-hybridized carbons (Fsp3) is 0.111. The van der Waals surface area contributed by atoms with Crippen molar-refractivity contribution in [1.82, 2.24) is 0 Å². The van der Waals surface area contributed by atoms with Crippen molar-refractivity contribution in [3.63, 3.8) is 0 Å². The summed E-state index contributed by atoms with van der Waals surface area (Å²) in [7, 11) is 0. The summed E-state index contributed by atoms with van der Waals surface area (Å²) in [5.74, 6) is -0.772. The quantitative estimate of drug-likeness (QED) is 0.627. The predicted octanol–water partition coefficient (Wildman–Crippen LogP) is -0.161. The van der Waals surface area contributed by atoms with Gasteiger partial charge in [-0.2, -0.15) is 0 Å². The van der Waals surface area contributed by atoms with Crippen LogP contribution in [0.15, 0.2) is 18.2 Å². The summed E-state index contributed by atoms with van der Waals surface area (Å²) in [6.45, 7) is 0.155. The first kappa shape index (κ1) is 9.32. The van der Waals surface area contributed by atoms with Crippen LogP contribution in [0.2, 0.25) is 0 Å². The number of rotatable bonds is 1. The van der Waals surface area contributed by atoms with Crippen LogP contribution in [0.25, 0.3) is 0 Å². The molecule has 15 heavy (non-hydrogen) atoms. The average molecular weight is 208 g/mol. The van der Waals surface area contributed by atoms with Crippen LogP contribution in [-0.2, 0) is 9.59 Å². The number of nitrogens with two attached hydrogens (primary N) is 1. The Kier molecular flexibility index (Phi) is 2.17. The number of nitrogens with one attached hydrogen (secondary N) is 1. The minimum Gasteiger partial charge on any atom is -0.454 e. The van der Waals surface area contributed by atoms with Crippen LogP contribution >= 0.6 is 0 Å². The van der Waals surface area contributed by atoms with Crippen LogP contribution in [0.1, 0.15) is 0 Å². The molecular formula is C9H8N2O4. The van der Waals surface area contributed by atoms with Crippen LogP contribution < -0.4 is 20.5 Å². The molecule has 78 valence electrons. The van der Waals surface area contributed by atoms with Gasteiger partial charge in [-0.15, -0.1) is 0 Å². The lowest BCUT2D eigenvalue weighted by atomic mass is 10.3. The van der Waals surface area contributed by atoms with E-state index in [9.17, 15) is 9.59 Å². The van der Waals surface area contributed by atoms with Crippen molar-refractivity contribution < 1.29 is 19.1 Å². The molecule has 0 fully saturated rings. The van der Waals surface area contributed by atoms with Crippen LogP contribution in [-0.4, -0.2) is 18.6 Å². The molecule has 0 saturated heterocycles. The predicted molar refractivity (Wildman–Crippen MR) is 50.4 cm³/mol. The Bertz CT molecular complexity index is 430. The number of hydrogen-bond acceptors (Lipinski definition) is 4. The molecule has 0 spiro atoms. The normalized spacial score (nSPS) is 12.3. The van der Waals surface area contributed by atoms with E-state index >= 15 is 0 Å². The maximum Gasteiger partial charge on any atom is 0.313 e. The van der Waals surface area contributed by atoms with Crippen molar-refractivity contribution in [2.45, 2.75) is 0 Å². The second kappa shape index (κ2) is 3.49.